The Hall–Kier alpha value is -2.09. The Morgan fingerprint density at radius 3 is 2.60 bits per heavy atom. The van der Waals surface area contributed by atoms with E-state index in [1.165, 1.54) is 12.5 Å². The summed E-state index contributed by atoms with van der Waals surface area (Å²) in [7, 11) is 0. The van der Waals surface area contributed by atoms with Crippen LogP contribution >= 0.6 is 34.8 Å². The van der Waals surface area contributed by atoms with E-state index >= 15 is 0 Å². The predicted molar refractivity (Wildman–Crippen MR) is 96.1 cm³/mol. The van der Waals surface area contributed by atoms with Crippen LogP contribution < -0.4 is 5.32 Å². The number of benzene rings is 1. The van der Waals surface area contributed by atoms with Crippen molar-refractivity contribution in [3.05, 3.63) is 57.6 Å². The molecule has 0 aliphatic carbocycles. The van der Waals surface area contributed by atoms with E-state index in [-0.39, 0.29) is 18.3 Å². The SMILES string of the molecule is O=C(CCn1cc(Cl)cn1)Nc1ncn(Cc2c(Cl)cccc2Cl)n1. The van der Waals surface area contributed by atoms with E-state index in [9.17, 15) is 4.79 Å². The van der Waals surface area contributed by atoms with E-state index in [4.69, 9.17) is 34.8 Å². The van der Waals surface area contributed by atoms with Gasteiger partial charge in [0.05, 0.1) is 17.8 Å². The van der Waals surface area contributed by atoms with Crippen molar-refractivity contribution in [3.8, 4) is 0 Å². The molecule has 0 radical (unpaired) electrons. The summed E-state index contributed by atoms with van der Waals surface area (Å²) in [6, 6.07) is 5.28. The zero-order valence-electron chi connectivity index (χ0n) is 12.9. The van der Waals surface area contributed by atoms with Crippen LogP contribution in [0.4, 0.5) is 5.95 Å². The minimum atomic E-state index is -0.222. The van der Waals surface area contributed by atoms with Crippen molar-refractivity contribution in [3.63, 3.8) is 0 Å². The molecule has 3 aromatic rings. The van der Waals surface area contributed by atoms with Crippen LogP contribution in [-0.4, -0.2) is 30.5 Å². The van der Waals surface area contributed by atoms with Crippen molar-refractivity contribution in [2.75, 3.05) is 5.32 Å². The standard InChI is InChI=1S/C15H13Cl3N6O/c16-10-6-20-23(7-10)5-4-14(25)21-15-19-9-24(22-15)8-11-12(17)2-1-3-13(11)18/h1-3,6-7,9H,4-5,8H2,(H,21,22,25). The smallest absolute Gasteiger partial charge is 0.248 e. The van der Waals surface area contributed by atoms with Crippen molar-refractivity contribution in [1.29, 1.82) is 0 Å². The van der Waals surface area contributed by atoms with Crippen molar-refractivity contribution < 1.29 is 4.79 Å². The maximum Gasteiger partial charge on any atom is 0.248 e. The molecule has 0 aliphatic heterocycles. The van der Waals surface area contributed by atoms with Gasteiger partial charge in [0, 0.05) is 34.8 Å². The molecule has 2 aromatic heterocycles. The largest absolute Gasteiger partial charge is 0.293 e. The summed E-state index contributed by atoms with van der Waals surface area (Å²) in [6.45, 7) is 0.766. The highest BCUT2D eigenvalue weighted by atomic mass is 35.5. The molecular formula is C15H13Cl3N6O. The summed E-state index contributed by atoms with van der Waals surface area (Å²) in [5.74, 6) is -0.00757. The first kappa shape index (κ1) is 17.7. The zero-order valence-corrected chi connectivity index (χ0v) is 15.1. The number of hydrogen-bond donors (Lipinski definition) is 1. The maximum atomic E-state index is 12.0. The molecule has 1 N–H and O–H groups in total. The van der Waals surface area contributed by atoms with Gasteiger partial charge >= 0.3 is 0 Å². The lowest BCUT2D eigenvalue weighted by Gasteiger charge is -2.06. The number of halogens is 3. The molecule has 0 atom stereocenters. The second-order valence-electron chi connectivity index (χ2n) is 5.19. The zero-order chi connectivity index (χ0) is 17.8. The molecule has 1 amide bonds. The molecule has 0 saturated carbocycles. The lowest BCUT2D eigenvalue weighted by molar-refractivity contribution is -0.116. The molecule has 1 aromatic carbocycles. The lowest BCUT2D eigenvalue weighted by Crippen LogP contribution is -2.16. The van der Waals surface area contributed by atoms with Crippen LogP contribution in [0.15, 0.2) is 36.9 Å². The first-order valence-electron chi connectivity index (χ1n) is 7.31. The monoisotopic (exact) mass is 398 g/mol. The van der Waals surface area contributed by atoms with Crippen molar-refractivity contribution >= 4 is 46.7 Å². The van der Waals surface area contributed by atoms with E-state index in [0.717, 1.165) is 5.56 Å². The quantitative estimate of drug-likeness (QED) is 0.688. The fraction of sp³-hybridized carbons (Fsp3) is 0.200. The molecule has 0 fully saturated rings. The van der Waals surface area contributed by atoms with Crippen LogP contribution in [0.25, 0.3) is 0 Å². The normalized spacial score (nSPS) is 10.8. The molecule has 25 heavy (non-hydrogen) atoms. The Balaban J connectivity index is 1.57. The maximum absolute atomic E-state index is 12.0. The van der Waals surface area contributed by atoms with Crippen molar-refractivity contribution in [2.45, 2.75) is 19.5 Å². The minimum Gasteiger partial charge on any atom is -0.293 e. The molecule has 10 heteroatoms. The number of carbonyl (C=O) groups excluding carboxylic acids is 1. The molecule has 0 spiro atoms. The second kappa shape index (κ2) is 7.86. The number of rotatable bonds is 6. The molecule has 0 saturated heterocycles. The number of aryl methyl sites for hydroxylation is 1. The van der Waals surface area contributed by atoms with Crippen LogP contribution in [0, 0.1) is 0 Å². The average molecular weight is 400 g/mol. The van der Waals surface area contributed by atoms with Gasteiger partial charge in [-0.2, -0.15) is 5.10 Å². The van der Waals surface area contributed by atoms with Crippen LogP contribution in [0.2, 0.25) is 15.1 Å². The Morgan fingerprint density at radius 1 is 1.16 bits per heavy atom. The van der Waals surface area contributed by atoms with Crippen LogP contribution in [0.1, 0.15) is 12.0 Å². The summed E-state index contributed by atoms with van der Waals surface area (Å²) in [5, 5.41) is 12.5. The first-order chi connectivity index (χ1) is 12.0. The van der Waals surface area contributed by atoms with E-state index in [0.29, 0.717) is 28.2 Å². The van der Waals surface area contributed by atoms with Gasteiger partial charge in [-0.15, -0.1) is 5.10 Å². The fourth-order valence-corrected chi connectivity index (χ4v) is 2.81. The summed E-state index contributed by atoms with van der Waals surface area (Å²) in [4.78, 5) is 16.0. The number of carbonyl (C=O) groups is 1. The Kier molecular flexibility index (Phi) is 5.57. The van der Waals surface area contributed by atoms with Crippen LogP contribution in [0.3, 0.4) is 0 Å². The number of aromatic nitrogens is 5. The third kappa shape index (κ3) is 4.72. The predicted octanol–water partition coefficient (Wildman–Crippen LogP) is 3.51. The molecule has 0 aliphatic rings. The van der Waals surface area contributed by atoms with Gasteiger partial charge in [-0.1, -0.05) is 40.9 Å². The second-order valence-corrected chi connectivity index (χ2v) is 6.44. The molecule has 7 nitrogen and oxygen atoms in total. The first-order valence-corrected chi connectivity index (χ1v) is 8.45. The van der Waals surface area contributed by atoms with E-state index < -0.39 is 0 Å². The summed E-state index contributed by atoms with van der Waals surface area (Å²) in [5.41, 5.74) is 0.740. The fourth-order valence-electron chi connectivity index (χ4n) is 2.14. The number of nitrogens with one attached hydrogen (secondary N) is 1. The van der Waals surface area contributed by atoms with E-state index in [1.54, 1.807) is 33.8 Å². The Bertz CT molecular complexity index is 871. The highest BCUT2D eigenvalue weighted by Crippen LogP contribution is 2.24. The summed E-state index contributed by atoms with van der Waals surface area (Å²) < 4.78 is 3.14. The van der Waals surface area contributed by atoms with Gasteiger partial charge in [0.25, 0.3) is 0 Å². The minimum absolute atomic E-state index is 0.215. The highest BCUT2D eigenvalue weighted by molar-refractivity contribution is 6.36. The molecule has 0 unspecified atom stereocenters. The van der Waals surface area contributed by atoms with Gasteiger partial charge in [0.2, 0.25) is 11.9 Å². The topological polar surface area (TPSA) is 77.6 Å². The Morgan fingerprint density at radius 2 is 1.92 bits per heavy atom. The van der Waals surface area contributed by atoms with Crippen molar-refractivity contribution in [2.24, 2.45) is 0 Å². The Labute approximate surface area is 158 Å². The lowest BCUT2D eigenvalue weighted by atomic mass is 10.2. The summed E-state index contributed by atoms with van der Waals surface area (Å²) >= 11 is 18.0. The van der Waals surface area contributed by atoms with Crippen LogP contribution in [0.5, 0.6) is 0 Å². The molecular weight excluding hydrogens is 387 g/mol. The van der Waals surface area contributed by atoms with Gasteiger partial charge in [0.1, 0.15) is 6.33 Å². The molecule has 130 valence electrons. The average Bonchev–Trinajstić information content (AvgIpc) is 3.18. The van der Waals surface area contributed by atoms with E-state index in [2.05, 4.69) is 20.5 Å². The van der Waals surface area contributed by atoms with Gasteiger partial charge in [-0.05, 0) is 12.1 Å². The third-order valence-corrected chi connectivity index (χ3v) is 4.24. The van der Waals surface area contributed by atoms with Crippen LogP contribution in [-0.2, 0) is 17.9 Å². The molecule has 0 bridgehead atoms. The van der Waals surface area contributed by atoms with Gasteiger partial charge in [-0.25, -0.2) is 9.67 Å². The molecule has 2 heterocycles. The van der Waals surface area contributed by atoms with Gasteiger partial charge in [0.15, 0.2) is 0 Å². The third-order valence-electron chi connectivity index (χ3n) is 3.34. The number of amides is 1. The summed E-state index contributed by atoms with van der Waals surface area (Å²) in [6.07, 6.45) is 4.89. The van der Waals surface area contributed by atoms with E-state index in [1.807, 2.05) is 0 Å². The number of hydrogen-bond acceptors (Lipinski definition) is 4. The number of nitrogens with zero attached hydrogens (tertiary/aromatic N) is 5. The molecule has 3 rings (SSSR count). The highest BCUT2D eigenvalue weighted by Gasteiger charge is 2.10. The van der Waals surface area contributed by atoms with Gasteiger partial charge in [-0.3, -0.25) is 14.8 Å². The van der Waals surface area contributed by atoms with Gasteiger partial charge < -0.3 is 0 Å². The van der Waals surface area contributed by atoms with Crippen molar-refractivity contribution in [1.82, 2.24) is 24.5 Å². The number of anilines is 1.